The lowest BCUT2D eigenvalue weighted by atomic mass is 10.0. The van der Waals surface area contributed by atoms with Gasteiger partial charge >= 0.3 is 0 Å². The summed E-state index contributed by atoms with van der Waals surface area (Å²) in [5, 5.41) is 13.5. The van der Waals surface area contributed by atoms with Crippen molar-refractivity contribution < 1.29 is 14.6 Å². The van der Waals surface area contributed by atoms with Gasteiger partial charge in [-0.1, -0.05) is 13.8 Å². The van der Waals surface area contributed by atoms with Crippen LogP contribution in [-0.4, -0.2) is 35.8 Å². The average molecular weight is 316 g/mol. The molecule has 2 N–H and O–H groups in total. The number of hydrogen-bond acceptors (Lipinski definition) is 4. The van der Waals surface area contributed by atoms with E-state index in [1.165, 1.54) is 0 Å². The number of ether oxygens (including phenoxy) is 1. The fourth-order valence-electron chi connectivity index (χ4n) is 2.41. The Morgan fingerprint density at radius 1 is 1.35 bits per heavy atom. The number of methoxy groups -OCH3 is 1. The Labute approximate surface area is 136 Å². The second-order valence-electron chi connectivity index (χ2n) is 6.05. The number of rotatable bonds is 6. The number of amides is 1. The molecule has 0 aliphatic rings. The van der Waals surface area contributed by atoms with Crippen LogP contribution in [0.1, 0.15) is 36.3 Å². The van der Waals surface area contributed by atoms with Crippen LogP contribution in [0.2, 0.25) is 0 Å². The minimum absolute atomic E-state index is 0.162. The van der Waals surface area contributed by atoms with Crippen molar-refractivity contribution in [2.24, 2.45) is 5.92 Å². The van der Waals surface area contributed by atoms with Crippen LogP contribution in [0, 0.1) is 12.8 Å². The van der Waals surface area contributed by atoms with E-state index in [4.69, 9.17) is 4.74 Å². The fraction of sp³-hybridized carbons (Fsp3) is 0.444. The average Bonchev–Trinajstić information content (AvgIpc) is 2.53. The molecule has 0 aliphatic heterocycles. The molecule has 1 unspecified atom stereocenters. The molecule has 0 saturated heterocycles. The van der Waals surface area contributed by atoms with Crippen molar-refractivity contribution in [1.29, 1.82) is 0 Å². The molecule has 1 heterocycles. The number of carbonyl (C=O) groups excluding carboxylic acids is 1. The molecule has 124 valence electrons. The smallest absolute Gasteiger partial charge is 0.252 e. The van der Waals surface area contributed by atoms with Crippen LogP contribution in [0.25, 0.3) is 10.9 Å². The number of carbonyl (C=O) groups is 1. The lowest BCUT2D eigenvalue weighted by molar-refractivity contribution is 0.0921. The van der Waals surface area contributed by atoms with Gasteiger partial charge in [-0.2, -0.15) is 0 Å². The number of hydrogen-bond donors (Lipinski definition) is 2. The van der Waals surface area contributed by atoms with E-state index < -0.39 is 6.10 Å². The molecule has 0 saturated carbocycles. The van der Waals surface area contributed by atoms with Crippen molar-refractivity contribution in [2.45, 2.75) is 33.3 Å². The van der Waals surface area contributed by atoms with Gasteiger partial charge in [0.15, 0.2) is 0 Å². The fourth-order valence-corrected chi connectivity index (χ4v) is 2.41. The second kappa shape index (κ2) is 7.42. The maximum absolute atomic E-state index is 12.5. The Kier molecular flexibility index (Phi) is 5.55. The molecule has 1 aromatic heterocycles. The van der Waals surface area contributed by atoms with Crippen molar-refractivity contribution in [3.63, 3.8) is 0 Å². The van der Waals surface area contributed by atoms with Crippen molar-refractivity contribution >= 4 is 16.8 Å². The molecule has 0 fully saturated rings. The van der Waals surface area contributed by atoms with Crippen molar-refractivity contribution in [2.75, 3.05) is 13.7 Å². The highest BCUT2D eigenvalue weighted by Crippen LogP contribution is 2.23. The molecule has 1 aromatic carbocycles. The highest BCUT2D eigenvalue weighted by atomic mass is 16.5. The zero-order valence-corrected chi connectivity index (χ0v) is 14.1. The van der Waals surface area contributed by atoms with Gasteiger partial charge < -0.3 is 15.2 Å². The normalized spacial score (nSPS) is 12.4. The monoisotopic (exact) mass is 316 g/mol. The molecule has 0 radical (unpaired) electrons. The van der Waals surface area contributed by atoms with Gasteiger partial charge in [-0.3, -0.25) is 9.78 Å². The molecule has 2 rings (SSSR count). The van der Waals surface area contributed by atoms with Crippen LogP contribution in [0.15, 0.2) is 24.3 Å². The number of aryl methyl sites for hydroxylation is 1. The van der Waals surface area contributed by atoms with Crippen molar-refractivity contribution in [1.82, 2.24) is 10.3 Å². The van der Waals surface area contributed by atoms with Gasteiger partial charge in [0.25, 0.3) is 5.91 Å². The topological polar surface area (TPSA) is 71.5 Å². The number of aliphatic hydroxyl groups excluding tert-OH is 1. The van der Waals surface area contributed by atoms with E-state index in [2.05, 4.69) is 10.3 Å². The lowest BCUT2D eigenvalue weighted by Gasteiger charge is -2.15. The van der Waals surface area contributed by atoms with E-state index in [1.807, 2.05) is 39.0 Å². The van der Waals surface area contributed by atoms with Gasteiger partial charge in [-0.25, -0.2) is 0 Å². The molecule has 5 heteroatoms. The summed E-state index contributed by atoms with van der Waals surface area (Å²) >= 11 is 0. The third-order valence-corrected chi connectivity index (χ3v) is 3.88. The number of fused-ring (bicyclic) bond motifs is 1. The van der Waals surface area contributed by atoms with E-state index in [-0.39, 0.29) is 11.8 Å². The van der Waals surface area contributed by atoms with Gasteiger partial charge in [0.1, 0.15) is 5.75 Å². The molecular formula is C18H24N2O3. The molecule has 0 bridgehead atoms. The van der Waals surface area contributed by atoms with Gasteiger partial charge in [0.2, 0.25) is 0 Å². The Hall–Kier alpha value is -2.14. The maximum Gasteiger partial charge on any atom is 0.252 e. The summed E-state index contributed by atoms with van der Waals surface area (Å²) in [4.78, 5) is 17.0. The third-order valence-electron chi connectivity index (χ3n) is 3.88. The van der Waals surface area contributed by atoms with Crippen LogP contribution < -0.4 is 10.1 Å². The molecule has 2 aromatic rings. The molecule has 1 amide bonds. The van der Waals surface area contributed by atoms with Crippen LogP contribution in [0.4, 0.5) is 0 Å². The highest BCUT2D eigenvalue weighted by Gasteiger charge is 2.14. The Morgan fingerprint density at radius 2 is 2.09 bits per heavy atom. The van der Waals surface area contributed by atoms with Crippen LogP contribution in [-0.2, 0) is 0 Å². The largest absolute Gasteiger partial charge is 0.497 e. The summed E-state index contributed by atoms with van der Waals surface area (Å²) in [6, 6.07) is 7.27. The SMILES string of the molecule is COc1ccc2nc(C)cc(C(=O)NCCC(O)C(C)C)c2c1. The van der Waals surface area contributed by atoms with E-state index in [0.29, 0.717) is 24.3 Å². The second-order valence-corrected chi connectivity index (χ2v) is 6.05. The Bertz CT molecular complexity index is 698. The predicted octanol–water partition coefficient (Wildman–Crippen LogP) is 2.69. The highest BCUT2D eigenvalue weighted by molar-refractivity contribution is 6.06. The summed E-state index contributed by atoms with van der Waals surface area (Å²) in [5.74, 6) is 0.706. The van der Waals surface area contributed by atoms with Crippen molar-refractivity contribution in [3.8, 4) is 5.75 Å². The van der Waals surface area contributed by atoms with Crippen molar-refractivity contribution in [3.05, 3.63) is 35.5 Å². The quantitative estimate of drug-likeness (QED) is 0.859. The minimum atomic E-state index is -0.411. The van der Waals surface area contributed by atoms with Gasteiger partial charge in [-0.05, 0) is 43.5 Å². The summed E-state index contributed by atoms with van der Waals surface area (Å²) < 4.78 is 5.23. The first kappa shape index (κ1) is 17.2. The molecule has 0 spiro atoms. The van der Waals surface area contributed by atoms with E-state index in [1.54, 1.807) is 13.2 Å². The Balaban J connectivity index is 2.22. The first-order valence-electron chi connectivity index (χ1n) is 7.84. The predicted molar refractivity (Wildman–Crippen MR) is 90.8 cm³/mol. The summed E-state index contributed by atoms with van der Waals surface area (Å²) in [5.41, 5.74) is 2.12. The number of benzene rings is 1. The number of aliphatic hydroxyl groups is 1. The third kappa shape index (κ3) is 4.20. The molecule has 5 nitrogen and oxygen atoms in total. The zero-order chi connectivity index (χ0) is 17.0. The number of pyridine rings is 1. The Morgan fingerprint density at radius 3 is 2.74 bits per heavy atom. The number of nitrogens with zero attached hydrogens (tertiary/aromatic N) is 1. The number of aromatic nitrogens is 1. The van der Waals surface area contributed by atoms with Gasteiger partial charge in [0.05, 0.1) is 24.3 Å². The van der Waals surface area contributed by atoms with E-state index in [0.717, 1.165) is 16.6 Å². The molecular weight excluding hydrogens is 292 g/mol. The summed E-state index contributed by atoms with van der Waals surface area (Å²) in [6.45, 7) is 6.21. The summed E-state index contributed by atoms with van der Waals surface area (Å²) in [7, 11) is 1.59. The van der Waals surface area contributed by atoms with E-state index in [9.17, 15) is 9.90 Å². The number of nitrogens with one attached hydrogen (secondary N) is 1. The van der Waals surface area contributed by atoms with Crippen LogP contribution >= 0.6 is 0 Å². The van der Waals surface area contributed by atoms with Crippen LogP contribution in [0.3, 0.4) is 0 Å². The first-order valence-corrected chi connectivity index (χ1v) is 7.84. The molecule has 1 atom stereocenters. The maximum atomic E-state index is 12.5. The minimum Gasteiger partial charge on any atom is -0.497 e. The van der Waals surface area contributed by atoms with Gasteiger partial charge in [0, 0.05) is 17.6 Å². The van der Waals surface area contributed by atoms with Crippen LogP contribution in [0.5, 0.6) is 5.75 Å². The zero-order valence-electron chi connectivity index (χ0n) is 14.1. The summed E-state index contributed by atoms with van der Waals surface area (Å²) in [6.07, 6.45) is 0.126. The first-order chi connectivity index (χ1) is 10.9. The van der Waals surface area contributed by atoms with E-state index >= 15 is 0 Å². The molecule has 23 heavy (non-hydrogen) atoms. The standard InChI is InChI=1S/C18H24N2O3/c1-11(2)17(21)7-8-19-18(22)15-9-12(3)20-16-6-5-13(23-4)10-14(15)16/h5-6,9-11,17,21H,7-8H2,1-4H3,(H,19,22). The lowest BCUT2D eigenvalue weighted by Crippen LogP contribution is -2.29. The van der Waals surface area contributed by atoms with Gasteiger partial charge in [-0.15, -0.1) is 0 Å². The molecule has 0 aliphatic carbocycles.